The minimum absolute atomic E-state index is 0.154. The number of piperazine rings is 1. The van der Waals surface area contributed by atoms with Crippen molar-refractivity contribution >= 4 is 5.95 Å². The molecule has 5 rings (SSSR count). The predicted octanol–water partition coefficient (Wildman–Crippen LogP) is 3.02. The largest absolute Gasteiger partial charge is 0.484 e. The normalized spacial score (nSPS) is 25.8. The van der Waals surface area contributed by atoms with Gasteiger partial charge in [-0.05, 0) is 54.4 Å². The van der Waals surface area contributed by atoms with Gasteiger partial charge in [-0.2, -0.15) is 0 Å². The van der Waals surface area contributed by atoms with Crippen molar-refractivity contribution in [1.82, 2.24) is 20.2 Å². The Morgan fingerprint density at radius 3 is 2.22 bits per heavy atom. The summed E-state index contributed by atoms with van der Waals surface area (Å²) in [4.78, 5) is 13.4. The minimum atomic E-state index is -0.599. The van der Waals surface area contributed by atoms with Gasteiger partial charge in [0, 0.05) is 58.2 Å². The number of ether oxygens (including phenoxy) is 1. The van der Waals surface area contributed by atoms with E-state index in [0.717, 1.165) is 70.0 Å². The van der Waals surface area contributed by atoms with Crippen molar-refractivity contribution in [2.24, 2.45) is 11.8 Å². The lowest BCUT2D eigenvalue weighted by Crippen LogP contribution is -2.42. The van der Waals surface area contributed by atoms with Crippen LogP contribution in [0.4, 0.5) is 14.7 Å². The van der Waals surface area contributed by atoms with Crippen LogP contribution in [0.3, 0.4) is 0 Å². The Morgan fingerprint density at radius 2 is 1.62 bits per heavy atom. The van der Waals surface area contributed by atoms with Crippen molar-refractivity contribution < 1.29 is 13.5 Å². The maximum atomic E-state index is 14.7. The molecule has 1 aromatic heterocycles. The van der Waals surface area contributed by atoms with E-state index in [2.05, 4.69) is 32.0 Å². The number of aryl methyl sites for hydroxylation is 1. The maximum Gasteiger partial charge on any atom is 0.225 e. The molecule has 1 N–H and O–H groups in total. The molecule has 0 radical (unpaired) electrons. The summed E-state index contributed by atoms with van der Waals surface area (Å²) < 4.78 is 35.3. The fourth-order valence-corrected chi connectivity index (χ4v) is 5.31. The monoisotopic (exact) mass is 443 g/mol. The topological polar surface area (TPSA) is 53.5 Å². The third-order valence-corrected chi connectivity index (χ3v) is 7.05. The van der Waals surface area contributed by atoms with Crippen LogP contribution in [0.2, 0.25) is 0 Å². The lowest BCUT2D eigenvalue weighted by Gasteiger charge is -2.27. The molecule has 1 aromatic carbocycles. The number of rotatable bonds is 6. The number of nitrogens with one attached hydrogen (secondary N) is 1. The number of hydrogen-bond donors (Lipinski definition) is 1. The molecule has 3 heterocycles. The Kier molecular flexibility index (Phi) is 6.24. The number of benzene rings is 1. The van der Waals surface area contributed by atoms with E-state index in [1.165, 1.54) is 12.1 Å². The summed E-state index contributed by atoms with van der Waals surface area (Å²) in [7, 11) is 0. The van der Waals surface area contributed by atoms with Crippen molar-refractivity contribution in [2.75, 3.05) is 44.2 Å². The number of anilines is 1. The minimum Gasteiger partial charge on any atom is -0.484 e. The summed E-state index contributed by atoms with van der Waals surface area (Å²) in [5, 5.41) is 3.29. The highest BCUT2D eigenvalue weighted by molar-refractivity contribution is 5.34. The smallest absolute Gasteiger partial charge is 0.225 e. The number of halogens is 2. The first-order valence-corrected chi connectivity index (χ1v) is 11.7. The van der Waals surface area contributed by atoms with Gasteiger partial charge in [0.05, 0.1) is 6.10 Å². The molecule has 2 saturated heterocycles. The molecule has 2 aromatic rings. The highest BCUT2D eigenvalue weighted by Crippen LogP contribution is 2.41. The Hall–Kier alpha value is -2.32. The fraction of sp³-hybridized carbons (Fsp3) is 0.583. The summed E-state index contributed by atoms with van der Waals surface area (Å²) in [5.41, 5.74) is 1.78. The lowest BCUT2D eigenvalue weighted by molar-refractivity contribution is 0.182. The van der Waals surface area contributed by atoms with Gasteiger partial charge in [0.15, 0.2) is 17.4 Å². The average Bonchev–Trinajstić information content (AvgIpc) is 3.36. The number of nitrogens with zero attached hydrogens (tertiary/aromatic N) is 4. The molecule has 1 aliphatic carbocycles. The SMILES string of the molecule is CCc1cnc(N2CC3CC(Oc4c(F)cc(CN5CCNCC5)cc4F)C[C@H]3C2)nc1. The molecule has 3 fully saturated rings. The van der Waals surface area contributed by atoms with Gasteiger partial charge in [0.25, 0.3) is 0 Å². The molecular formula is C24H31F2N5O. The van der Waals surface area contributed by atoms with Crippen LogP contribution in [-0.2, 0) is 13.0 Å². The molecule has 0 bridgehead atoms. The Bertz CT molecular complexity index is 897. The molecule has 1 saturated carbocycles. The van der Waals surface area contributed by atoms with Crippen LogP contribution < -0.4 is 15.0 Å². The van der Waals surface area contributed by atoms with Crippen molar-refractivity contribution in [3.63, 3.8) is 0 Å². The number of aromatic nitrogens is 2. The summed E-state index contributed by atoms with van der Waals surface area (Å²) in [5.74, 6) is 0.220. The number of fused-ring (bicyclic) bond motifs is 1. The van der Waals surface area contributed by atoms with Gasteiger partial charge in [0.2, 0.25) is 5.95 Å². The summed E-state index contributed by atoms with van der Waals surface area (Å²) in [6.07, 6.45) is 6.15. The summed E-state index contributed by atoms with van der Waals surface area (Å²) in [6, 6.07) is 2.85. The lowest BCUT2D eigenvalue weighted by atomic mass is 10.0. The Balaban J connectivity index is 1.18. The maximum absolute atomic E-state index is 14.7. The molecule has 2 aliphatic heterocycles. The van der Waals surface area contributed by atoms with Crippen LogP contribution in [0.15, 0.2) is 24.5 Å². The molecule has 3 aliphatic rings. The van der Waals surface area contributed by atoms with E-state index in [-0.39, 0.29) is 11.9 Å². The van der Waals surface area contributed by atoms with Crippen molar-refractivity contribution in [2.45, 2.75) is 38.8 Å². The van der Waals surface area contributed by atoms with E-state index in [4.69, 9.17) is 4.74 Å². The van der Waals surface area contributed by atoms with Gasteiger partial charge >= 0.3 is 0 Å². The molecule has 6 nitrogen and oxygen atoms in total. The first kappa shape index (κ1) is 21.5. The van der Waals surface area contributed by atoms with E-state index < -0.39 is 11.6 Å². The van der Waals surface area contributed by atoms with Crippen LogP contribution in [0, 0.1) is 23.5 Å². The average molecular weight is 444 g/mol. The first-order valence-electron chi connectivity index (χ1n) is 11.7. The Labute approximate surface area is 188 Å². The van der Waals surface area contributed by atoms with Crippen LogP contribution >= 0.6 is 0 Å². The van der Waals surface area contributed by atoms with Crippen molar-refractivity contribution in [3.8, 4) is 5.75 Å². The highest BCUT2D eigenvalue weighted by Gasteiger charge is 2.43. The molecule has 32 heavy (non-hydrogen) atoms. The van der Waals surface area contributed by atoms with Crippen LogP contribution in [0.5, 0.6) is 5.75 Å². The van der Waals surface area contributed by atoms with Gasteiger partial charge in [0.1, 0.15) is 0 Å². The molecule has 2 unspecified atom stereocenters. The molecule has 8 heteroatoms. The predicted molar refractivity (Wildman–Crippen MR) is 119 cm³/mol. The molecular weight excluding hydrogens is 412 g/mol. The zero-order valence-electron chi connectivity index (χ0n) is 18.6. The summed E-state index contributed by atoms with van der Waals surface area (Å²) >= 11 is 0. The second kappa shape index (κ2) is 9.27. The van der Waals surface area contributed by atoms with Crippen molar-refractivity contribution in [1.29, 1.82) is 0 Å². The van der Waals surface area contributed by atoms with Gasteiger partial charge in [-0.1, -0.05) is 6.92 Å². The van der Waals surface area contributed by atoms with Gasteiger partial charge < -0.3 is 15.0 Å². The molecule has 0 amide bonds. The zero-order valence-corrected chi connectivity index (χ0v) is 18.6. The van der Waals surface area contributed by atoms with Crippen LogP contribution in [-0.4, -0.2) is 60.2 Å². The van der Waals surface area contributed by atoms with Crippen LogP contribution in [0.25, 0.3) is 0 Å². The van der Waals surface area contributed by atoms with Gasteiger partial charge in [-0.3, -0.25) is 4.90 Å². The third kappa shape index (κ3) is 4.57. The van der Waals surface area contributed by atoms with E-state index in [1.807, 2.05) is 12.4 Å². The fourth-order valence-electron chi connectivity index (χ4n) is 5.31. The molecule has 0 spiro atoms. The first-order chi connectivity index (χ1) is 15.6. The standard InChI is InChI=1S/C24H31F2N5O/c1-2-16-11-28-24(29-12-16)31-14-18-9-20(10-19(18)15-31)32-23-21(25)7-17(8-22(23)26)13-30-5-3-27-4-6-30/h7-8,11-12,18-20,27H,2-6,9-10,13-15H2,1H3/t18-,19?,20?/m0/s1. The molecule has 172 valence electrons. The van der Waals surface area contributed by atoms with E-state index in [1.54, 1.807) is 0 Å². The van der Waals surface area contributed by atoms with Gasteiger partial charge in [-0.15, -0.1) is 0 Å². The van der Waals surface area contributed by atoms with E-state index >= 15 is 0 Å². The summed E-state index contributed by atoms with van der Waals surface area (Å²) in [6.45, 7) is 7.96. The van der Waals surface area contributed by atoms with E-state index in [0.29, 0.717) is 23.9 Å². The van der Waals surface area contributed by atoms with Crippen molar-refractivity contribution in [3.05, 3.63) is 47.3 Å². The quantitative estimate of drug-likeness (QED) is 0.741. The molecule has 3 atom stereocenters. The Morgan fingerprint density at radius 1 is 1.00 bits per heavy atom. The second-order valence-electron chi connectivity index (χ2n) is 9.30. The van der Waals surface area contributed by atoms with E-state index in [9.17, 15) is 8.78 Å². The second-order valence-corrected chi connectivity index (χ2v) is 9.30. The third-order valence-electron chi connectivity index (χ3n) is 7.05. The number of hydrogen-bond acceptors (Lipinski definition) is 6. The van der Waals surface area contributed by atoms with Crippen LogP contribution in [0.1, 0.15) is 30.9 Å². The van der Waals surface area contributed by atoms with Gasteiger partial charge in [-0.25, -0.2) is 18.7 Å². The zero-order chi connectivity index (χ0) is 22.1. The highest BCUT2D eigenvalue weighted by atomic mass is 19.1.